The lowest BCUT2D eigenvalue weighted by molar-refractivity contribution is -0.140. The average molecular weight is 256 g/mol. The van der Waals surface area contributed by atoms with E-state index in [4.69, 9.17) is 0 Å². The molecule has 0 spiro atoms. The molecule has 16 heavy (non-hydrogen) atoms. The number of carbonyl (C=O) groups excluding carboxylic acids is 2. The summed E-state index contributed by atoms with van der Waals surface area (Å²) in [4.78, 5) is 22.4. The van der Waals surface area contributed by atoms with Crippen LogP contribution in [0.1, 0.15) is 6.42 Å². The molecule has 0 aromatic heterocycles. The van der Waals surface area contributed by atoms with Crippen LogP contribution >= 0.6 is 11.8 Å². The van der Waals surface area contributed by atoms with Gasteiger partial charge in [0.1, 0.15) is 12.6 Å². The van der Waals surface area contributed by atoms with Crippen LogP contribution in [0.2, 0.25) is 0 Å². The van der Waals surface area contributed by atoms with Crippen molar-refractivity contribution < 1.29 is 22.8 Å². The van der Waals surface area contributed by atoms with Crippen molar-refractivity contribution in [3.63, 3.8) is 0 Å². The summed E-state index contributed by atoms with van der Waals surface area (Å²) in [5.41, 5.74) is 0. The number of hydrogen-bond donors (Lipinski definition) is 2. The maximum absolute atomic E-state index is 11.8. The second-order valence-electron chi connectivity index (χ2n) is 3.28. The van der Waals surface area contributed by atoms with Gasteiger partial charge >= 0.3 is 6.18 Å². The highest BCUT2D eigenvalue weighted by molar-refractivity contribution is 7.99. The van der Waals surface area contributed by atoms with E-state index in [1.807, 2.05) is 0 Å². The van der Waals surface area contributed by atoms with Gasteiger partial charge in [-0.1, -0.05) is 0 Å². The zero-order valence-corrected chi connectivity index (χ0v) is 9.08. The molecular formula is C8H11F3N2O2S. The van der Waals surface area contributed by atoms with Crippen molar-refractivity contribution in [1.82, 2.24) is 10.6 Å². The zero-order chi connectivity index (χ0) is 12.2. The molecule has 2 N–H and O–H groups in total. The number of hydrogen-bond acceptors (Lipinski definition) is 3. The largest absolute Gasteiger partial charge is 0.405 e. The first-order chi connectivity index (χ1) is 7.38. The van der Waals surface area contributed by atoms with Crippen molar-refractivity contribution in [2.45, 2.75) is 18.6 Å². The lowest BCUT2D eigenvalue weighted by Gasteiger charge is -2.16. The fraction of sp³-hybridized carbons (Fsp3) is 0.750. The Kier molecular flexibility index (Phi) is 4.45. The SMILES string of the molecule is O=C1CCSCC(C(=O)NCC(F)(F)F)N1. The van der Waals surface area contributed by atoms with E-state index < -0.39 is 24.7 Å². The van der Waals surface area contributed by atoms with Gasteiger partial charge < -0.3 is 10.6 Å². The summed E-state index contributed by atoms with van der Waals surface area (Å²) in [6.07, 6.45) is -4.15. The Hall–Kier alpha value is -0.920. The van der Waals surface area contributed by atoms with E-state index in [0.29, 0.717) is 11.5 Å². The molecule has 1 saturated heterocycles. The smallest absolute Gasteiger partial charge is 0.345 e. The Morgan fingerprint density at radius 1 is 1.56 bits per heavy atom. The number of nitrogens with one attached hydrogen (secondary N) is 2. The van der Waals surface area contributed by atoms with Crippen molar-refractivity contribution >= 4 is 23.6 Å². The highest BCUT2D eigenvalue weighted by atomic mass is 32.2. The lowest BCUT2D eigenvalue weighted by Crippen LogP contribution is -2.49. The van der Waals surface area contributed by atoms with Gasteiger partial charge in [-0.05, 0) is 0 Å². The van der Waals surface area contributed by atoms with E-state index in [-0.39, 0.29) is 12.3 Å². The first-order valence-electron chi connectivity index (χ1n) is 4.60. The Morgan fingerprint density at radius 3 is 2.88 bits per heavy atom. The number of rotatable bonds is 2. The van der Waals surface area contributed by atoms with Gasteiger partial charge in [0, 0.05) is 17.9 Å². The number of halogens is 3. The Balaban J connectivity index is 2.43. The van der Waals surface area contributed by atoms with Gasteiger partial charge in [-0.2, -0.15) is 24.9 Å². The van der Waals surface area contributed by atoms with Gasteiger partial charge in [0.2, 0.25) is 11.8 Å². The molecule has 2 amide bonds. The fourth-order valence-corrected chi connectivity index (χ4v) is 2.09. The van der Waals surface area contributed by atoms with Gasteiger partial charge in [-0.15, -0.1) is 0 Å². The first kappa shape index (κ1) is 13.1. The molecule has 8 heteroatoms. The third kappa shape index (κ3) is 4.73. The molecule has 1 aliphatic heterocycles. The van der Waals surface area contributed by atoms with Gasteiger partial charge in [0.15, 0.2) is 0 Å². The van der Waals surface area contributed by atoms with E-state index in [1.54, 1.807) is 5.32 Å². The van der Waals surface area contributed by atoms with Crippen LogP contribution in [0.3, 0.4) is 0 Å². The molecule has 4 nitrogen and oxygen atoms in total. The molecule has 1 unspecified atom stereocenters. The zero-order valence-electron chi connectivity index (χ0n) is 8.26. The number of alkyl halides is 3. The molecule has 0 saturated carbocycles. The minimum atomic E-state index is -4.43. The van der Waals surface area contributed by atoms with E-state index >= 15 is 0 Å². The molecule has 1 rings (SSSR count). The molecule has 0 radical (unpaired) electrons. The van der Waals surface area contributed by atoms with Crippen LogP contribution < -0.4 is 10.6 Å². The van der Waals surface area contributed by atoms with Gasteiger partial charge in [0.05, 0.1) is 0 Å². The highest BCUT2D eigenvalue weighted by Gasteiger charge is 2.30. The summed E-state index contributed by atoms with van der Waals surface area (Å²) in [5, 5.41) is 4.12. The van der Waals surface area contributed by atoms with Crippen LogP contribution in [0.15, 0.2) is 0 Å². The molecule has 0 aliphatic carbocycles. The summed E-state index contributed by atoms with van der Waals surface area (Å²) in [5.74, 6) is -0.221. The van der Waals surface area contributed by atoms with Crippen LogP contribution in [0, 0.1) is 0 Å². The van der Waals surface area contributed by atoms with Crippen LogP contribution in [0.4, 0.5) is 13.2 Å². The van der Waals surface area contributed by atoms with Crippen molar-refractivity contribution in [3.8, 4) is 0 Å². The van der Waals surface area contributed by atoms with Crippen LogP contribution in [0.25, 0.3) is 0 Å². The highest BCUT2D eigenvalue weighted by Crippen LogP contribution is 2.13. The fourth-order valence-electron chi connectivity index (χ4n) is 1.13. The minimum Gasteiger partial charge on any atom is -0.345 e. The molecule has 1 heterocycles. The van der Waals surface area contributed by atoms with Gasteiger partial charge in [-0.3, -0.25) is 9.59 Å². The molecule has 1 atom stereocenters. The quantitative estimate of drug-likeness (QED) is 0.746. The Bertz CT molecular complexity index is 283. The summed E-state index contributed by atoms with van der Waals surface area (Å²) in [6, 6.07) is -0.873. The summed E-state index contributed by atoms with van der Waals surface area (Å²) < 4.78 is 35.5. The molecule has 0 aromatic rings. The molecule has 0 aromatic carbocycles. The standard InChI is InChI=1S/C8H11F3N2O2S/c9-8(10,11)4-12-7(15)5-3-16-2-1-6(14)13-5/h5H,1-4H2,(H,12,15)(H,13,14). The van der Waals surface area contributed by atoms with E-state index in [0.717, 1.165) is 0 Å². The third-order valence-corrected chi connectivity index (χ3v) is 2.93. The van der Waals surface area contributed by atoms with E-state index in [9.17, 15) is 22.8 Å². The van der Waals surface area contributed by atoms with Gasteiger partial charge in [-0.25, -0.2) is 0 Å². The molecular weight excluding hydrogens is 245 g/mol. The maximum atomic E-state index is 11.8. The second-order valence-corrected chi connectivity index (χ2v) is 4.43. The summed E-state index contributed by atoms with van der Waals surface area (Å²) in [6.45, 7) is -1.37. The third-order valence-electron chi connectivity index (χ3n) is 1.87. The van der Waals surface area contributed by atoms with Crippen molar-refractivity contribution in [3.05, 3.63) is 0 Å². The summed E-state index contributed by atoms with van der Waals surface area (Å²) in [7, 11) is 0. The van der Waals surface area contributed by atoms with Crippen molar-refractivity contribution in [1.29, 1.82) is 0 Å². The van der Waals surface area contributed by atoms with Crippen LogP contribution in [0.5, 0.6) is 0 Å². The molecule has 0 bridgehead atoms. The van der Waals surface area contributed by atoms with Crippen molar-refractivity contribution in [2.75, 3.05) is 18.1 Å². The lowest BCUT2D eigenvalue weighted by atomic mass is 10.3. The minimum absolute atomic E-state index is 0.285. The van der Waals surface area contributed by atoms with Crippen LogP contribution in [-0.4, -0.2) is 42.1 Å². The molecule has 92 valence electrons. The van der Waals surface area contributed by atoms with Gasteiger partial charge in [0.25, 0.3) is 0 Å². The number of thioether (sulfide) groups is 1. The maximum Gasteiger partial charge on any atom is 0.405 e. The first-order valence-corrected chi connectivity index (χ1v) is 5.75. The predicted octanol–water partition coefficient (Wildman–Crippen LogP) is 0.287. The molecule has 1 fully saturated rings. The monoisotopic (exact) mass is 256 g/mol. The number of carbonyl (C=O) groups is 2. The van der Waals surface area contributed by atoms with Crippen LogP contribution in [-0.2, 0) is 9.59 Å². The molecule has 1 aliphatic rings. The topological polar surface area (TPSA) is 58.2 Å². The van der Waals surface area contributed by atoms with Crippen molar-refractivity contribution in [2.24, 2.45) is 0 Å². The Labute approximate surface area is 94.3 Å². The number of amides is 2. The average Bonchev–Trinajstić information content (AvgIpc) is 2.38. The van der Waals surface area contributed by atoms with E-state index in [1.165, 1.54) is 11.8 Å². The second kappa shape index (κ2) is 5.42. The normalized spacial score (nSPS) is 22.2. The summed E-state index contributed by atoms with van der Waals surface area (Å²) >= 11 is 1.36. The van der Waals surface area contributed by atoms with E-state index in [2.05, 4.69) is 5.32 Å². The Morgan fingerprint density at radius 2 is 2.25 bits per heavy atom. The predicted molar refractivity (Wildman–Crippen MR) is 52.9 cm³/mol.